The minimum atomic E-state index is -1.01. The van der Waals surface area contributed by atoms with Crippen molar-refractivity contribution >= 4 is 23.4 Å². The number of aryl methyl sites for hydroxylation is 1. The smallest absolute Gasteiger partial charge is 0.331 e. The van der Waals surface area contributed by atoms with Crippen LogP contribution >= 0.6 is 0 Å². The van der Waals surface area contributed by atoms with Gasteiger partial charge in [-0.3, -0.25) is 0 Å². The second kappa shape index (κ2) is 9.59. The lowest BCUT2D eigenvalue weighted by atomic mass is 10.00. The molecule has 1 heterocycles. The van der Waals surface area contributed by atoms with Gasteiger partial charge in [0, 0.05) is 30.8 Å². The van der Waals surface area contributed by atoms with Gasteiger partial charge in [0.1, 0.15) is 5.82 Å². The van der Waals surface area contributed by atoms with Gasteiger partial charge in [0.05, 0.1) is 11.4 Å². The SMILES string of the molecule is CCCN1CCCc2cccc(NCc3ccc(C=C(CC)C(=O)O)c(F)c3)c21. The van der Waals surface area contributed by atoms with Crippen molar-refractivity contribution < 1.29 is 14.3 Å². The van der Waals surface area contributed by atoms with E-state index in [4.69, 9.17) is 5.11 Å². The Bertz CT molecular complexity index is 908. The zero-order valence-electron chi connectivity index (χ0n) is 17.2. The highest BCUT2D eigenvalue weighted by Crippen LogP contribution is 2.35. The summed E-state index contributed by atoms with van der Waals surface area (Å²) in [6, 6.07) is 11.3. The van der Waals surface area contributed by atoms with Crippen molar-refractivity contribution in [3.63, 3.8) is 0 Å². The van der Waals surface area contributed by atoms with Crippen molar-refractivity contribution in [3.8, 4) is 0 Å². The largest absolute Gasteiger partial charge is 0.478 e. The lowest BCUT2D eigenvalue weighted by Gasteiger charge is -2.33. The van der Waals surface area contributed by atoms with Crippen LogP contribution in [-0.4, -0.2) is 24.2 Å². The minimum absolute atomic E-state index is 0.196. The molecule has 0 aromatic heterocycles. The first-order valence-corrected chi connectivity index (χ1v) is 10.4. The number of hydrogen-bond donors (Lipinski definition) is 2. The lowest BCUT2D eigenvalue weighted by Crippen LogP contribution is -2.30. The van der Waals surface area contributed by atoms with Crippen LogP contribution in [0.5, 0.6) is 0 Å². The molecule has 2 aromatic rings. The number of carboxylic acids is 1. The van der Waals surface area contributed by atoms with Crippen LogP contribution in [0, 0.1) is 5.82 Å². The molecule has 0 bridgehead atoms. The summed E-state index contributed by atoms with van der Waals surface area (Å²) in [5.74, 6) is -1.41. The standard InChI is InChI=1S/C24H29FN2O2/c1-3-12-27-13-6-8-19-7-5-9-22(23(19)27)26-16-17-10-11-20(21(25)14-17)15-18(4-2)24(28)29/h5,7,9-11,14-15,26H,3-4,6,8,12-13,16H2,1-2H3,(H,28,29). The Morgan fingerprint density at radius 1 is 1.28 bits per heavy atom. The molecule has 0 saturated carbocycles. The molecular weight excluding hydrogens is 367 g/mol. The molecule has 2 aromatic carbocycles. The fourth-order valence-electron chi connectivity index (χ4n) is 3.87. The van der Waals surface area contributed by atoms with Crippen molar-refractivity contribution in [2.45, 2.75) is 46.1 Å². The average molecular weight is 397 g/mol. The van der Waals surface area contributed by atoms with Crippen LogP contribution < -0.4 is 10.2 Å². The van der Waals surface area contributed by atoms with E-state index in [2.05, 4.69) is 35.3 Å². The van der Waals surface area contributed by atoms with E-state index in [9.17, 15) is 9.18 Å². The van der Waals surface area contributed by atoms with Crippen LogP contribution in [0.2, 0.25) is 0 Å². The summed E-state index contributed by atoms with van der Waals surface area (Å²) in [7, 11) is 0. The number of anilines is 2. The Hall–Kier alpha value is -2.82. The Kier molecular flexibility index (Phi) is 6.91. The molecule has 154 valence electrons. The maximum absolute atomic E-state index is 14.5. The highest BCUT2D eigenvalue weighted by molar-refractivity contribution is 5.92. The van der Waals surface area contributed by atoms with E-state index in [1.54, 1.807) is 13.0 Å². The fourth-order valence-corrected chi connectivity index (χ4v) is 3.87. The predicted octanol–water partition coefficient (Wildman–Crippen LogP) is 5.48. The number of hydrogen-bond acceptors (Lipinski definition) is 3. The Labute approximate surface area is 172 Å². The van der Waals surface area contributed by atoms with Gasteiger partial charge in [0.25, 0.3) is 0 Å². The van der Waals surface area contributed by atoms with E-state index in [0.717, 1.165) is 37.2 Å². The molecule has 4 nitrogen and oxygen atoms in total. The first-order chi connectivity index (χ1) is 14.0. The number of fused-ring (bicyclic) bond motifs is 1. The van der Waals surface area contributed by atoms with Crippen LogP contribution in [-0.2, 0) is 17.8 Å². The molecule has 0 fully saturated rings. The first kappa shape index (κ1) is 20.9. The number of rotatable bonds is 8. The quantitative estimate of drug-likeness (QED) is 0.580. The molecule has 0 aliphatic carbocycles. The van der Waals surface area contributed by atoms with Crippen LogP contribution in [0.3, 0.4) is 0 Å². The molecule has 0 radical (unpaired) electrons. The van der Waals surface area contributed by atoms with Gasteiger partial charge in [-0.15, -0.1) is 0 Å². The minimum Gasteiger partial charge on any atom is -0.478 e. The third kappa shape index (κ3) is 4.97. The molecule has 29 heavy (non-hydrogen) atoms. The molecule has 5 heteroatoms. The highest BCUT2D eigenvalue weighted by Gasteiger charge is 2.19. The molecule has 0 saturated heterocycles. The third-order valence-corrected chi connectivity index (χ3v) is 5.34. The van der Waals surface area contributed by atoms with Crippen molar-refractivity contribution in [2.75, 3.05) is 23.3 Å². The highest BCUT2D eigenvalue weighted by atomic mass is 19.1. The molecular formula is C24H29FN2O2. The molecule has 3 rings (SSSR count). The molecule has 0 spiro atoms. The van der Waals surface area contributed by atoms with E-state index in [0.29, 0.717) is 18.5 Å². The molecule has 1 aliphatic heterocycles. The van der Waals surface area contributed by atoms with Gasteiger partial charge in [-0.1, -0.05) is 38.1 Å². The molecule has 0 atom stereocenters. The van der Waals surface area contributed by atoms with Crippen molar-refractivity contribution in [3.05, 3.63) is 64.5 Å². The maximum atomic E-state index is 14.5. The maximum Gasteiger partial charge on any atom is 0.331 e. The molecule has 2 N–H and O–H groups in total. The summed E-state index contributed by atoms with van der Waals surface area (Å²) in [6.45, 7) is 6.55. The van der Waals surface area contributed by atoms with E-state index in [-0.39, 0.29) is 5.57 Å². The zero-order valence-corrected chi connectivity index (χ0v) is 17.2. The number of carbonyl (C=O) groups is 1. The zero-order chi connectivity index (χ0) is 20.8. The Balaban J connectivity index is 1.78. The summed E-state index contributed by atoms with van der Waals surface area (Å²) in [5.41, 5.74) is 5.04. The second-order valence-corrected chi connectivity index (χ2v) is 7.44. The number of benzene rings is 2. The van der Waals surface area contributed by atoms with Gasteiger partial charge in [-0.25, -0.2) is 9.18 Å². The summed E-state index contributed by atoms with van der Waals surface area (Å²) < 4.78 is 14.5. The number of nitrogens with one attached hydrogen (secondary N) is 1. The van der Waals surface area contributed by atoms with Crippen LogP contribution in [0.1, 0.15) is 49.8 Å². The van der Waals surface area contributed by atoms with Gasteiger partial charge in [-0.2, -0.15) is 0 Å². The monoisotopic (exact) mass is 396 g/mol. The van der Waals surface area contributed by atoms with E-state index >= 15 is 0 Å². The Morgan fingerprint density at radius 2 is 2.10 bits per heavy atom. The fraction of sp³-hybridized carbons (Fsp3) is 0.375. The number of aliphatic carboxylic acids is 1. The van der Waals surface area contributed by atoms with Gasteiger partial charge in [-0.05, 0) is 55.0 Å². The van der Waals surface area contributed by atoms with Gasteiger partial charge in [0.2, 0.25) is 0 Å². The van der Waals surface area contributed by atoms with Gasteiger partial charge < -0.3 is 15.3 Å². The van der Waals surface area contributed by atoms with E-state index in [1.165, 1.54) is 29.8 Å². The van der Waals surface area contributed by atoms with Crippen LogP contribution in [0.15, 0.2) is 42.0 Å². The normalized spacial score (nSPS) is 13.9. The van der Waals surface area contributed by atoms with Crippen LogP contribution in [0.25, 0.3) is 6.08 Å². The molecule has 1 aliphatic rings. The Morgan fingerprint density at radius 3 is 2.79 bits per heavy atom. The summed E-state index contributed by atoms with van der Waals surface area (Å²) in [6.07, 6.45) is 5.12. The lowest BCUT2D eigenvalue weighted by molar-refractivity contribution is -0.132. The van der Waals surface area contributed by atoms with Crippen molar-refractivity contribution in [1.29, 1.82) is 0 Å². The number of nitrogens with zero attached hydrogens (tertiary/aromatic N) is 1. The van der Waals surface area contributed by atoms with Crippen molar-refractivity contribution in [2.24, 2.45) is 0 Å². The average Bonchev–Trinajstić information content (AvgIpc) is 2.71. The van der Waals surface area contributed by atoms with Crippen molar-refractivity contribution in [1.82, 2.24) is 0 Å². The molecule has 0 unspecified atom stereocenters. The summed E-state index contributed by atoms with van der Waals surface area (Å²) >= 11 is 0. The van der Waals surface area contributed by atoms with E-state index in [1.807, 2.05) is 6.07 Å². The number of carboxylic acid groups (broad SMARTS) is 1. The molecule has 0 amide bonds. The third-order valence-electron chi connectivity index (χ3n) is 5.34. The number of halogens is 1. The van der Waals surface area contributed by atoms with Gasteiger partial charge >= 0.3 is 5.97 Å². The summed E-state index contributed by atoms with van der Waals surface area (Å²) in [5, 5.41) is 12.6. The van der Waals surface area contributed by atoms with Crippen LogP contribution in [0.4, 0.5) is 15.8 Å². The predicted molar refractivity (Wildman–Crippen MR) is 117 cm³/mol. The first-order valence-electron chi connectivity index (χ1n) is 10.4. The van der Waals surface area contributed by atoms with E-state index < -0.39 is 11.8 Å². The second-order valence-electron chi connectivity index (χ2n) is 7.44. The number of para-hydroxylation sites is 1. The topological polar surface area (TPSA) is 52.6 Å². The summed E-state index contributed by atoms with van der Waals surface area (Å²) in [4.78, 5) is 13.6. The van der Waals surface area contributed by atoms with Gasteiger partial charge in [0.15, 0.2) is 0 Å².